The maximum atomic E-state index is 12.3. The van der Waals surface area contributed by atoms with Crippen LogP contribution in [0.25, 0.3) is 0 Å². The maximum Gasteiger partial charge on any atom is 0.435 e. The van der Waals surface area contributed by atoms with Crippen LogP contribution in [0.4, 0.5) is 13.2 Å². The first kappa shape index (κ1) is 11.5. The minimum Gasteiger partial charge on any atom is -0.464 e. The molecule has 0 atom stereocenters. The molecular weight excluding hydrogens is 213 g/mol. The first-order valence-electron chi connectivity index (χ1n) is 4.13. The van der Waals surface area contributed by atoms with Crippen molar-refractivity contribution in [2.75, 3.05) is 7.11 Å². The van der Waals surface area contributed by atoms with Crippen molar-refractivity contribution in [2.24, 2.45) is 0 Å². The molecule has 0 radical (unpaired) electrons. The highest BCUT2D eigenvalue weighted by Crippen LogP contribution is 2.28. The number of carbonyl (C=O) groups excluding carboxylic acids is 1. The number of esters is 1. The van der Waals surface area contributed by atoms with Gasteiger partial charge in [-0.25, -0.2) is 4.79 Å². The van der Waals surface area contributed by atoms with Crippen LogP contribution in [0.3, 0.4) is 0 Å². The van der Waals surface area contributed by atoms with Crippen LogP contribution in [0, 0.1) is 0 Å². The second-order valence-corrected chi connectivity index (χ2v) is 2.72. The monoisotopic (exact) mass is 222 g/mol. The number of nitrogens with zero attached hydrogens (tertiary/aromatic N) is 2. The molecule has 1 aromatic heterocycles. The molecule has 0 aliphatic carbocycles. The second-order valence-electron chi connectivity index (χ2n) is 2.72. The van der Waals surface area contributed by atoms with E-state index in [0.717, 1.165) is 11.8 Å². The Morgan fingerprint density at radius 2 is 2.20 bits per heavy atom. The molecule has 0 aromatic carbocycles. The Labute approximate surface area is 83.6 Å². The Hall–Kier alpha value is -1.53. The lowest BCUT2D eigenvalue weighted by Gasteiger charge is -2.01. The van der Waals surface area contributed by atoms with E-state index in [1.165, 1.54) is 0 Å². The van der Waals surface area contributed by atoms with Gasteiger partial charge in [-0.1, -0.05) is 0 Å². The van der Waals surface area contributed by atoms with Crippen molar-refractivity contribution >= 4 is 5.97 Å². The fraction of sp³-hybridized carbons (Fsp3) is 0.500. The quantitative estimate of drug-likeness (QED) is 0.715. The molecule has 1 aromatic rings. The molecule has 0 spiro atoms. The third kappa shape index (κ3) is 2.28. The highest BCUT2D eigenvalue weighted by atomic mass is 19.4. The van der Waals surface area contributed by atoms with Crippen LogP contribution in [0.2, 0.25) is 0 Å². The Balaban J connectivity index is 3.17. The number of alkyl halides is 3. The summed E-state index contributed by atoms with van der Waals surface area (Å²) in [4.78, 5) is 11.1. The van der Waals surface area contributed by atoms with E-state index in [4.69, 9.17) is 0 Å². The zero-order valence-corrected chi connectivity index (χ0v) is 8.13. The summed E-state index contributed by atoms with van der Waals surface area (Å²) in [7, 11) is 1.10. The minimum absolute atomic E-state index is 0.167. The molecule has 0 fully saturated rings. The molecule has 0 N–H and O–H groups in total. The van der Waals surface area contributed by atoms with Gasteiger partial charge in [0.25, 0.3) is 0 Å². The zero-order valence-electron chi connectivity index (χ0n) is 8.13. The van der Waals surface area contributed by atoms with Crippen molar-refractivity contribution < 1.29 is 22.7 Å². The molecule has 4 nitrogen and oxygen atoms in total. The van der Waals surface area contributed by atoms with Gasteiger partial charge in [0, 0.05) is 12.6 Å². The van der Waals surface area contributed by atoms with Gasteiger partial charge in [0.1, 0.15) is 5.69 Å². The number of hydrogen-bond acceptors (Lipinski definition) is 3. The summed E-state index contributed by atoms with van der Waals surface area (Å²) in [6, 6.07) is 0.676. The standard InChI is InChI=1S/C8H9F3N2O2/c1-3-13-5(7(14)15-2)4-6(12-13)8(9,10)11/h4H,3H2,1-2H3. The summed E-state index contributed by atoms with van der Waals surface area (Å²) in [5.41, 5.74) is -1.29. The van der Waals surface area contributed by atoms with Crippen LogP contribution in [0.1, 0.15) is 23.1 Å². The van der Waals surface area contributed by atoms with E-state index in [9.17, 15) is 18.0 Å². The summed E-state index contributed by atoms with van der Waals surface area (Å²) < 4.78 is 42.1. The third-order valence-corrected chi connectivity index (χ3v) is 1.76. The Bertz CT molecular complexity index is 370. The largest absolute Gasteiger partial charge is 0.464 e. The normalized spacial score (nSPS) is 11.5. The highest BCUT2D eigenvalue weighted by molar-refractivity contribution is 5.87. The van der Waals surface area contributed by atoms with Crippen LogP contribution in [-0.2, 0) is 17.5 Å². The molecule has 0 bridgehead atoms. The van der Waals surface area contributed by atoms with E-state index in [1.807, 2.05) is 0 Å². The van der Waals surface area contributed by atoms with Gasteiger partial charge in [-0.15, -0.1) is 0 Å². The summed E-state index contributed by atoms with van der Waals surface area (Å²) in [5, 5.41) is 3.26. The predicted octanol–water partition coefficient (Wildman–Crippen LogP) is 1.71. The van der Waals surface area contributed by atoms with E-state index in [-0.39, 0.29) is 12.2 Å². The fourth-order valence-electron chi connectivity index (χ4n) is 1.07. The predicted molar refractivity (Wildman–Crippen MR) is 44.2 cm³/mol. The molecule has 15 heavy (non-hydrogen) atoms. The van der Waals surface area contributed by atoms with Gasteiger partial charge in [-0.3, -0.25) is 4.68 Å². The van der Waals surface area contributed by atoms with Crippen LogP contribution in [0.5, 0.6) is 0 Å². The maximum absolute atomic E-state index is 12.3. The minimum atomic E-state index is -4.55. The number of halogens is 3. The summed E-state index contributed by atoms with van der Waals surface area (Å²) in [6.45, 7) is 1.75. The van der Waals surface area contributed by atoms with Crippen molar-refractivity contribution in [1.82, 2.24) is 9.78 Å². The third-order valence-electron chi connectivity index (χ3n) is 1.76. The molecule has 0 unspecified atom stereocenters. The van der Waals surface area contributed by atoms with Gasteiger partial charge in [0.15, 0.2) is 5.69 Å². The number of aromatic nitrogens is 2. The van der Waals surface area contributed by atoms with Crippen LogP contribution >= 0.6 is 0 Å². The Morgan fingerprint density at radius 3 is 2.60 bits per heavy atom. The second kappa shape index (κ2) is 3.92. The first-order chi connectivity index (χ1) is 6.90. The smallest absolute Gasteiger partial charge is 0.435 e. The van der Waals surface area contributed by atoms with Gasteiger partial charge >= 0.3 is 12.1 Å². The van der Waals surface area contributed by atoms with Crippen molar-refractivity contribution in [3.8, 4) is 0 Å². The molecule has 1 heterocycles. The molecule has 0 amide bonds. The fourth-order valence-corrected chi connectivity index (χ4v) is 1.07. The van der Waals surface area contributed by atoms with Crippen LogP contribution in [0.15, 0.2) is 6.07 Å². The molecule has 0 aliphatic heterocycles. The highest BCUT2D eigenvalue weighted by Gasteiger charge is 2.35. The van der Waals surface area contributed by atoms with Crippen LogP contribution in [-0.4, -0.2) is 22.9 Å². The average Bonchev–Trinajstić information content (AvgIpc) is 2.59. The van der Waals surface area contributed by atoms with Gasteiger partial charge in [-0.2, -0.15) is 18.3 Å². The van der Waals surface area contributed by atoms with E-state index < -0.39 is 17.8 Å². The lowest BCUT2D eigenvalue weighted by atomic mass is 10.3. The number of rotatable bonds is 2. The topological polar surface area (TPSA) is 44.1 Å². The Kier molecular flexibility index (Phi) is 3.01. The van der Waals surface area contributed by atoms with E-state index in [2.05, 4.69) is 9.84 Å². The summed E-state index contributed by atoms with van der Waals surface area (Å²) in [6.07, 6.45) is -4.55. The molecule has 1 rings (SSSR count). The Morgan fingerprint density at radius 1 is 1.60 bits per heavy atom. The van der Waals surface area contributed by atoms with Crippen molar-refractivity contribution in [3.63, 3.8) is 0 Å². The number of ether oxygens (including phenoxy) is 1. The number of carbonyl (C=O) groups is 1. The van der Waals surface area contributed by atoms with Crippen molar-refractivity contribution in [3.05, 3.63) is 17.5 Å². The van der Waals surface area contributed by atoms with E-state index in [0.29, 0.717) is 6.07 Å². The van der Waals surface area contributed by atoms with Gasteiger partial charge in [-0.05, 0) is 6.92 Å². The number of aryl methyl sites for hydroxylation is 1. The molecule has 7 heteroatoms. The average molecular weight is 222 g/mol. The molecular formula is C8H9F3N2O2. The molecule has 0 saturated carbocycles. The van der Waals surface area contributed by atoms with Gasteiger partial charge in [0.2, 0.25) is 0 Å². The zero-order chi connectivity index (χ0) is 11.6. The number of methoxy groups -OCH3 is 1. The summed E-state index contributed by atoms with van der Waals surface area (Å²) >= 11 is 0. The lowest BCUT2D eigenvalue weighted by molar-refractivity contribution is -0.141. The first-order valence-corrected chi connectivity index (χ1v) is 4.13. The van der Waals surface area contributed by atoms with Crippen molar-refractivity contribution in [2.45, 2.75) is 19.6 Å². The lowest BCUT2D eigenvalue weighted by Crippen LogP contribution is -2.11. The van der Waals surface area contributed by atoms with Crippen LogP contribution < -0.4 is 0 Å². The molecule has 84 valence electrons. The molecule has 0 saturated heterocycles. The van der Waals surface area contributed by atoms with Gasteiger partial charge < -0.3 is 4.74 Å². The van der Waals surface area contributed by atoms with E-state index >= 15 is 0 Å². The van der Waals surface area contributed by atoms with E-state index in [1.54, 1.807) is 6.92 Å². The van der Waals surface area contributed by atoms with Crippen molar-refractivity contribution in [1.29, 1.82) is 0 Å². The summed E-state index contributed by atoms with van der Waals surface area (Å²) in [5.74, 6) is -0.833. The SMILES string of the molecule is CCn1nc(C(F)(F)F)cc1C(=O)OC. The number of hydrogen-bond donors (Lipinski definition) is 0. The van der Waals surface area contributed by atoms with Gasteiger partial charge in [0.05, 0.1) is 7.11 Å². The molecule has 0 aliphatic rings.